The molecule has 0 unspecified atom stereocenters. The summed E-state index contributed by atoms with van der Waals surface area (Å²) in [5.74, 6) is -0.770. The molecule has 0 saturated carbocycles. The number of hydrogen-bond donors (Lipinski definition) is 1. The van der Waals surface area contributed by atoms with Gasteiger partial charge < -0.3 is 5.11 Å². The van der Waals surface area contributed by atoms with Gasteiger partial charge in [0.05, 0.1) is 0 Å². The lowest BCUT2D eigenvalue weighted by molar-refractivity contribution is -0.136. The van der Waals surface area contributed by atoms with Gasteiger partial charge in [0.1, 0.15) is 4.83 Å². The van der Waals surface area contributed by atoms with Crippen LogP contribution in [0, 0.1) is 5.92 Å². The summed E-state index contributed by atoms with van der Waals surface area (Å²) >= 11 is 3.06. The van der Waals surface area contributed by atoms with Gasteiger partial charge in [-0.15, -0.1) is 0 Å². The number of aliphatic carboxylic acids is 1. The van der Waals surface area contributed by atoms with Crippen molar-refractivity contribution < 1.29 is 9.90 Å². The van der Waals surface area contributed by atoms with Gasteiger partial charge in [0.25, 0.3) is 0 Å². The Bertz CT molecular complexity index is 143. The molecule has 2 nitrogen and oxygen atoms in total. The van der Waals surface area contributed by atoms with Crippen molar-refractivity contribution in [3.05, 3.63) is 12.2 Å². The van der Waals surface area contributed by atoms with Crippen molar-refractivity contribution in [3.63, 3.8) is 0 Å². The largest absolute Gasteiger partial charge is 0.480 e. The topological polar surface area (TPSA) is 37.3 Å². The quantitative estimate of drug-likeness (QED) is 0.568. The molecule has 0 amide bonds. The van der Waals surface area contributed by atoms with Crippen LogP contribution in [-0.2, 0) is 4.79 Å². The highest BCUT2D eigenvalue weighted by molar-refractivity contribution is 9.10. The van der Waals surface area contributed by atoms with Crippen molar-refractivity contribution >= 4 is 21.9 Å². The highest BCUT2D eigenvalue weighted by Gasteiger charge is 2.17. The van der Waals surface area contributed by atoms with E-state index in [-0.39, 0.29) is 5.92 Å². The minimum absolute atomic E-state index is 0.0440. The highest BCUT2D eigenvalue weighted by Crippen LogP contribution is 2.13. The fourth-order valence-corrected chi connectivity index (χ4v) is 0.802. The molecule has 0 heterocycles. The Morgan fingerprint density at radius 3 is 2.50 bits per heavy atom. The van der Waals surface area contributed by atoms with Crippen LogP contribution in [0.15, 0.2) is 12.2 Å². The van der Waals surface area contributed by atoms with E-state index in [1.165, 1.54) is 0 Å². The van der Waals surface area contributed by atoms with E-state index >= 15 is 0 Å². The van der Waals surface area contributed by atoms with Crippen molar-refractivity contribution in [1.82, 2.24) is 0 Å². The Labute approximate surface area is 69.1 Å². The second-order valence-corrected chi connectivity index (χ2v) is 3.11. The number of rotatable bonds is 3. The molecule has 2 atom stereocenters. The number of allylic oxidation sites excluding steroid dienone is 2. The molecule has 0 aromatic heterocycles. The minimum Gasteiger partial charge on any atom is -0.480 e. The first-order chi connectivity index (χ1) is 4.59. The van der Waals surface area contributed by atoms with E-state index in [9.17, 15) is 4.79 Å². The third-order valence-electron chi connectivity index (χ3n) is 1.19. The molecule has 0 aliphatic heterocycles. The first kappa shape index (κ1) is 9.69. The van der Waals surface area contributed by atoms with Crippen LogP contribution in [0.5, 0.6) is 0 Å². The van der Waals surface area contributed by atoms with Crippen molar-refractivity contribution in [3.8, 4) is 0 Å². The van der Waals surface area contributed by atoms with Crippen LogP contribution >= 0.6 is 15.9 Å². The van der Waals surface area contributed by atoms with Gasteiger partial charge in [-0.2, -0.15) is 0 Å². The summed E-state index contributed by atoms with van der Waals surface area (Å²) in [6.07, 6.45) is 3.70. The van der Waals surface area contributed by atoms with Gasteiger partial charge in [-0.3, -0.25) is 4.79 Å². The van der Waals surface area contributed by atoms with E-state index in [0.717, 1.165) is 0 Å². The average Bonchev–Trinajstić information content (AvgIpc) is 1.87. The molecule has 3 heteroatoms. The molecule has 0 fully saturated rings. The Morgan fingerprint density at radius 2 is 2.20 bits per heavy atom. The Hall–Kier alpha value is -0.310. The number of halogens is 1. The molecule has 58 valence electrons. The molecule has 0 bridgehead atoms. The van der Waals surface area contributed by atoms with Crippen LogP contribution < -0.4 is 0 Å². The maximum Gasteiger partial charge on any atom is 0.317 e. The minimum atomic E-state index is -0.814. The van der Waals surface area contributed by atoms with Gasteiger partial charge in [0.15, 0.2) is 0 Å². The maximum absolute atomic E-state index is 10.3. The van der Waals surface area contributed by atoms with Crippen LogP contribution in [0.1, 0.15) is 13.8 Å². The SMILES string of the molecule is C/C=C/[C@H](C)[C@@H](Br)C(=O)O. The number of alkyl halides is 1. The van der Waals surface area contributed by atoms with Crippen LogP contribution in [0.3, 0.4) is 0 Å². The lowest BCUT2D eigenvalue weighted by atomic mass is 10.1. The smallest absolute Gasteiger partial charge is 0.317 e. The summed E-state index contributed by atoms with van der Waals surface area (Å²) in [4.78, 5) is 9.87. The summed E-state index contributed by atoms with van der Waals surface area (Å²) < 4.78 is 0. The monoisotopic (exact) mass is 206 g/mol. The van der Waals surface area contributed by atoms with E-state index in [2.05, 4.69) is 15.9 Å². The van der Waals surface area contributed by atoms with Crippen LogP contribution in [-0.4, -0.2) is 15.9 Å². The molecule has 1 N–H and O–H groups in total. The predicted molar refractivity (Wildman–Crippen MR) is 44.3 cm³/mol. The average molecular weight is 207 g/mol. The maximum atomic E-state index is 10.3. The van der Waals surface area contributed by atoms with E-state index in [1.54, 1.807) is 0 Å². The molecule has 10 heavy (non-hydrogen) atoms. The number of carboxylic acid groups (broad SMARTS) is 1. The highest BCUT2D eigenvalue weighted by atomic mass is 79.9. The molecule has 0 rings (SSSR count). The molecule has 0 aromatic carbocycles. The van der Waals surface area contributed by atoms with Crippen molar-refractivity contribution in [2.75, 3.05) is 0 Å². The first-order valence-electron chi connectivity index (χ1n) is 3.09. The van der Waals surface area contributed by atoms with Crippen LogP contribution in [0.25, 0.3) is 0 Å². The molecule has 0 aliphatic carbocycles. The third kappa shape index (κ3) is 3.01. The summed E-state index contributed by atoms with van der Waals surface area (Å²) in [6, 6.07) is 0. The van der Waals surface area contributed by atoms with Crippen molar-refractivity contribution in [2.45, 2.75) is 18.7 Å². The lowest BCUT2D eigenvalue weighted by Crippen LogP contribution is -2.19. The van der Waals surface area contributed by atoms with Gasteiger partial charge in [-0.1, -0.05) is 35.0 Å². The van der Waals surface area contributed by atoms with Gasteiger partial charge in [-0.05, 0) is 12.8 Å². The zero-order valence-electron chi connectivity index (χ0n) is 6.04. The summed E-state index contributed by atoms with van der Waals surface area (Å²) in [7, 11) is 0. The third-order valence-corrected chi connectivity index (χ3v) is 2.42. The van der Waals surface area contributed by atoms with Crippen LogP contribution in [0.2, 0.25) is 0 Å². The van der Waals surface area contributed by atoms with E-state index in [0.29, 0.717) is 0 Å². The summed E-state index contributed by atoms with van der Waals surface area (Å²) in [5.41, 5.74) is 0. The lowest BCUT2D eigenvalue weighted by Gasteiger charge is -2.08. The van der Waals surface area contributed by atoms with Crippen LogP contribution in [0.4, 0.5) is 0 Å². The molecule has 0 spiro atoms. The number of carbonyl (C=O) groups is 1. The van der Waals surface area contributed by atoms with Crippen molar-refractivity contribution in [2.24, 2.45) is 5.92 Å². The Balaban J connectivity index is 3.93. The normalized spacial score (nSPS) is 17.1. The van der Waals surface area contributed by atoms with Gasteiger partial charge in [0, 0.05) is 0 Å². The van der Waals surface area contributed by atoms with Gasteiger partial charge in [0.2, 0.25) is 0 Å². The Kier molecular flexibility index (Phi) is 4.36. The predicted octanol–water partition coefficient (Wildman–Crippen LogP) is 2.05. The molecular weight excluding hydrogens is 196 g/mol. The van der Waals surface area contributed by atoms with Gasteiger partial charge >= 0.3 is 5.97 Å². The van der Waals surface area contributed by atoms with E-state index in [1.807, 2.05) is 26.0 Å². The summed E-state index contributed by atoms with van der Waals surface area (Å²) in [5, 5.41) is 8.50. The molecular formula is C7H11BrO2. The molecule has 0 radical (unpaired) electrons. The number of carboxylic acids is 1. The van der Waals surface area contributed by atoms with Crippen molar-refractivity contribution in [1.29, 1.82) is 0 Å². The Morgan fingerprint density at radius 1 is 1.70 bits per heavy atom. The fraction of sp³-hybridized carbons (Fsp3) is 0.571. The number of hydrogen-bond acceptors (Lipinski definition) is 1. The zero-order chi connectivity index (χ0) is 8.15. The first-order valence-corrected chi connectivity index (χ1v) is 4.01. The fourth-order valence-electron chi connectivity index (χ4n) is 0.626. The van der Waals surface area contributed by atoms with Gasteiger partial charge in [-0.25, -0.2) is 0 Å². The molecule has 0 aromatic rings. The van der Waals surface area contributed by atoms with E-state index in [4.69, 9.17) is 5.11 Å². The molecule has 0 saturated heterocycles. The van der Waals surface area contributed by atoms with E-state index < -0.39 is 10.8 Å². The standard InChI is InChI=1S/C7H11BrO2/c1-3-4-5(2)6(8)7(9)10/h3-6H,1-2H3,(H,9,10)/b4-3+/t5-,6+/m0/s1. The second kappa shape index (κ2) is 4.50. The summed E-state index contributed by atoms with van der Waals surface area (Å²) in [6.45, 7) is 3.73. The zero-order valence-corrected chi connectivity index (χ0v) is 7.63. The molecule has 0 aliphatic rings. The second-order valence-electron chi connectivity index (χ2n) is 2.12.